The standard InChI is InChI=1S/C21H36O5/c1-2-20(22)26-17-11-9-7-5-3-4-6-8-10-16-25-19-14-12-18(13-15-19)21(23)24/h2,18-19H,1,3-17H2,(H,23,24). The number of carbonyl (C=O) groups excluding carboxylic acids is 1. The Bertz CT molecular complexity index is 399. The molecule has 150 valence electrons. The highest BCUT2D eigenvalue weighted by atomic mass is 16.5. The zero-order valence-electron chi connectivity index (χ0n) is 16.1. The van der Waals surface area contributed by atoms with Crippen molar-refractivity contribution >= 4 is 11.9 Å². The minimum Gasteiger partial charge on any atom is -0.481 e. The molecular formula is C21H36O5. The van der Waals surface area contributed by atoms with Gasteiger partial charge in [-0.1, -0.05) is 51.5 Å². The summed E-state index contributed by atoms with van der Waals surface area (Å²) in [6.45, 7) is 4.68. The molecule has 0 saturated heterocycles. The van der Waals surface area contributed by atoms with Gasteiger partial charge in [0.1, 0.15) is 0 Å². The lowest BCUT2D eigenvalue weighted by molar-refractivity contribution is -0.144. The Kier molecular flexibility index (Phi) is 12.9. The van der Waals surface area contributed by atoms with Crippen molar-refractivity contribution in [1.29, 1.82) is 0 Å². The third kappa shape index (κ3) is 11.3. The number of hydrogen-bond acceptors (Lipinski definition) is 4. The number of esters is 1. The lowest BCUT2D eigenvalue weighted by atomic mass is 9.87. The van der Waals surface area contributed by atoms with Gasteiger partial charge in [0.05, 0.1) is 18.6 Å². The predicted octanol–water partition coefficient (Wildman–Crippen LogP) is 4.89. The second-order valence-corrected chi connectivity index (χ2v) is 7.24. The predicted molar refractivity (Wildman–Crippen MR) is 102 cm³/mol. The minimum atomic E-state index is -0.653. The lowest BCUT2D eigenvalue weighted by Gasteiger charge is -2.26. The van der Waals surface area contributed by atoms with Crippen LogP contribution >= 0.6 is 0 Å². The van der Waals surface area contributed by atoms with Gasteiger partial charge in [-0.2, -0.15) is 0 Å². The van der Waals surface area contributed by atoms with E-state index < -0.39 is 5.97 Å². The van der Waals surface area contributed by atoms with Crippen molar-refractivity contribution in [3.63, 3.8) is 0 Å². The van der Waals surface area contributed by atoms with E-state index in [1.807, 2.05) is 0 Å². The molecule has 0 atom stereocenters. The fourth-order valence-corrected chi connectivity index (χ4v) is 3.40. The Morgan fingerprint density at radius 2 is 1.35 bits per heavy atom. The summed E-state index contributed by atoms with van der Waals surface area (Å²) in [5.74, 6) is -1.14. The van der Waals surface area contributed by atoms with Gasteiger partial charge >= 0.3 is 11.9 Å². The summed E-state index contributed by atoms with van der Waals surface area (Å²) in [4.78, 5) is 21.8. The number of carboxylic acid groups (broad SMARTS) is 1. The van der Waals surface area contributed by atoms with Crippen LogP contribution in [0, 0.1) is 5.92 Å². The summed E-state index contributed by atoms with van der Waals surface area (Å²) < 4.78 is 10.8. The molecule has 1 rings (SSSR count). The third-order valence-corrected chi connectivity index (χ3v) is 5.08. The Balaban J connectivity index is 1.78. The van der Waals surface area contributed by atoms with Crippen LogP contribution in [0.5, 0.6) is 0 Å². The van der Waals surface area contributed by atoms with E-state index in [9.17, 15) is 9.59 Å². The molecule has 0 spiro atoms. The number of carboxylic acids is 1. The van der Waals surface area contributed by atoms with Crippen LogP contribution in [0.1, 0.15) is 83.5 Å². The maximum Gasteiger partial charge on any atom is 0.330 e. The second kappa shape index (κ2) is 14.8. The first-order valence-electron chi connectivity index (χ1n) is 10.3. The summed E-state index contributed by atoms with van der Waals surface area (Å²) in [6, 6.07) is 0. The molecule has 1 fully saturated rings. The quantitative estimate of drug-likeness (QED) is 0.253. The number of unbranched alkanes of at least 4 members (excludes halogenated alkanes) is 8. The van der Waals surface area contributed by atoms with Crippen molar-refractivity contribution in [1.82, 2.24) is 0 Å². The van der Waals surface area contributed by atoms with E-state index >= 15 is 0 Å². The van der Waals surface area contributed by atoms with Crippen LogP contribution in [0.25, 0.3) is 0 Å². The topological polar surface area (TPSA) is 72.8 Å². The summed E-state index contributed by atoms with van der Waals surface area (Å²) >= 11 is 0. The summed E-state index contributed by atoms with van der Waals surface area (Å²) in [6.07, 6.45) is 15.4. The number of aliphatic carboxylic acids is 1. The molecule has 0 unspecified atom stereocenters. The third-order valence-electron chi connectivity index (χ3n) is 5.08. The molecule has 1 N–H and O–H groups in total. The van der Waals surface area contributed by atoms with E-state index in [4.69, 9.17) is 14.6 Å². The van der Waals surface area contributed by atoms with Gasteiger partial charge in [-0.15, -0.1) is 0 Å². The fraction of sp³-hybridized carbons (Fsp3) is 0.810. The molecule has 0 heterocycles. The maximum absolute atomic E-state index is 10.9. The Morgan fingerprint density at radius 1 is 0.846 bits per heavy atom. The van der Waals surface area contributed by atoms with Crippen LogP contribution in [0.3, 0.4) is 0 Å². The Hall–Kier alpha value is -1.36. The van der Waals surface area contributed by atoms with Crippen molar-refractivity contribution in [3.8, 4) is 0 Å². The van der Waals surface area contributed by atoms with Gasteiger partial charge in [0, 0.05) is 12.7 Å². The van der Waals surface area contributed by atoms with Gasteiger partial charge in [0.2, 0.25) is 0 Å². The molecule has 0 bridgehead atoms. The van der Waals surface area contributed by atoms with E-state index in [0.29, 0.717) is 6.61 Å². The van der Waals surface area contributed by atoms with Crippen molar-refractivity contribution < 1.29 is 24.2 Å². The Morgan fingerprint density at radius 3 is 1.85 bits per heavy atom. The van der Waals surface area contributed by atoms with Gasteiger partial charge in [-0.05, 0) is 38.5 Å². The van der Waals surface area contributed by atoms with Gasteiger partial charge in [0.25, 0.3) is 0 Å². The van der Waals surface area contributed by atoms with Crippen LogP contribution in [-0.2, 0) is 19.1 Å². The van der Waals surface area contributed by atoms with Gasteiger partial charge in [-0.25, -0.2) is 4.79 Å². The SMILES string of the molecule is C=CC(=O)OCCCCCCCCCCCOC1CCC(C(=O)O)CC1. The molecule has 0 radical (unpaired) electrons. The van der Waals surface area contributed by atoms with E-state index in [2.05, 4.69) is 6.58 Å². The molecule has 1 saturated carbocycles. The van der Waals surface area contributed by atoms with E-state index in [-0.39, 0.29) is 18.0 Å². The molecule has 5 heteroatoms. The average Bonchev–Trinajstić information content (AvgIpc) is 2.65. The minimum absolute atomic E-state index is 0.156. The molecule has 5 nitrogen and oxygen atoms in total. The molecule has 1 aliphatic rings. The molecule has 0 aromatic heterocycles. The highest BCUT2D eigenvalue weighted by Gasteiger charge is 2.25. The van der Waals surface area contributed by atoms with Crippen molar-refractivity contribution in [3.05, 3.63) is 12.7 Å². The molecular weight excluding hydrogens is 332 g/mol. The van der Waals surface area contributed by atoms with Gasteiger partial charge < -0.3 is 14.6 Å². The number of ether oxygens (including phenoxy) is 2. The number of hydrogen-bond donors (Lipinski definition) is 1. The van der Waals surface area contributed by atoms with Crippen LogP contribution in [0.15, 0.2) is 12.7 Å². The maximum atomic E-state index is 10.9. The molecule has 0 aromatic rings. The van der Waals surface area contributed by atoms with Crippen molar-refractivity contribution in [2.45, 2.75) is 89.6 Å². The summed E-state index contributed by atoms with van der Waals surface area (Å²) in [5, 5.41) is 8.98. The lowest BCUT2D eigenvalue weighted by Crippen LogP contribution is -2.26. The number of carbonyl (C=O) groups is 2. The fourth-order valence-electron chi connectivity index (χ4n) is 3.40. The molecule has 26 heavy (non-hydrogen) atoms. The smallest absolute Gasteiger partial charge is 0.330 e. The molecule has 1 aliphatic carbocycles. The van der Waals surface area contributed by atoms with E-state index in [0.717, 1.165) is 51.6 Å². The van der Waals surface area contributed by atoms with E-state index in [1.54, 1.807) is 0 Å². The van der Waals surface area contributed by atoms with E-state index in [1.165, 1.54) is 44.6 Å². The average molecular weight is 369 g/mol. The summed E-state index contributed by atoms with van der Waals surface area (Å²) in [5.41, 5.74) is 0. The van der Waals surface area contributed by atoms with Crippen LogP contribution in [-0.4, -0.2) is 36.4 Å². The highest BCUT2D eigenvalue weighted by Crippen LogP contribution is 2.26. The zero-order chi connectivity index (χ0) is 19.0. The first kappa shape index (κ1) is 22.7. The van der Waals surface area contributed by atoms with Gasteiger partial charge in [0.15, 0.2) is 0 Å². The number of rotatable bonds is 15. The Labute approximate surface area is 158 Å². The second-order valence-electron chi connectivity index (χ2n) is 7.24. The van der Waals surface area contributed by atoms with Crippen LogP contribution in [0.4, 0.5) is 0 Å². The van der Waals surface area contributed by atoms with Crippen molar-refractivity contribution in [2.24, 2.45) is 5.92 Å². The normalized spacial score (nSPS) is 19.8. The monoisotopic (exact) mass is 368 g/mol. The first-order valence-corrected chi connectivity index (χ1v) is 10.3. The van der Waals surface area contributed by atoms with Crippen molar-refractivity contribution in [2.75, 3.05) is 13.2 Å². The van der Waals surface area contributed by atoms with Gasteiger partial charge in [-0.3, -0.25) is 4.79 Å². The zero-order valence-corrected chi connectivity index (χ0v) is 16.1. The highest BCUT2D eigenvalue weighted by molar-refractivity contribution is 5.81. The molecule has 0 aromatic carbocycles. The largest absolute Gasteiger partial charge is 0.481 e. The molecule has 0 aliphatic heterocycles. The van der Waals surface area contributed by atoms with Crippen LogP contribution in [0.2, 0.25) is 0 Å². The molecule has 0 amide bonds. The summed E-state index contributed by atoms with van der Waals surface area (Å²) in [7, 11) is 0. The first-order chi connectivity index (χ1) is 12.6. The van der Waals surface area contributed by atoms with Crippen LogP contribution < -0.4 is 0 Å².